The van der Waals surface area contributed by atoms with Crippen LogP contribution in [0, 0.1) is 0 Å². The first kappa shape index (κ1) is 36.0. The van der Waals surface area contributed by atoms with Gasteiger partial charge < -0.3 is 28.1 Å². The third-order valence-corrected chi connectivity index (χ3v) is 0. The topological polar surface area (TPSA) is 126 Å². The Hall–Kier alpha value is 4.51. The van der Waals surface area contributed by atoms with Crippen molar-refractivity contribution >= 4 is 18.3 Å². The van der Waals surface area contributed by atoms with Crippen molar-refractivity contribution in [2.24, 2.45) is 0 Å². The van der Waals surface area contributed by atoms with Gasteiger partial charge in [-0.3, -0.25) is 0 Å². The fourth-order valence-corrected chi connectivity index (χ4v) is 0. The zero-order valence-corrected chi connectivity index (χ0v) is 19.7. The molecule has 0 N–H and O–H groups in total. The average Bonchev–Trinajstić information content (AvgIpc) is 1.25. The summed E-state index contributed by atoms with van der Waals surface area (Å²) in [5, 5.41) is 0. The van der Waals surface area contributed by atoms with Gasteiger partial charge in [0.25, 0.3) is 0 Å². The third-order valence-electron chi connectivity index (χ3n) is 0. The SMILES string of the molecule is O=[Si]([O-])[O-].O=[Si]([O-])[O-].[K+].[K+].[Na+].[Na+]. The molecular weight excluding hydrogens is 276 g/mol. The molecule has 0 rings (SSSR count). The summed E-state index contributed by atoms with van der Waals surface area (Å²) in [7, 11) is -7.26. The van der Waals surface area contributed by atoms with E-state index in [-0.39, 0.29) is 162 Å². The molecular formula is K2Na2O6Si2. The van der Waals surface area contributed by atoms with Crippen LogP contribution in [0.5, 0.6) is 0 Å². The molecule has 0 aliphatic rings. The molecule has 0 aromatic rings. The van der Waals surface area contributed by atoms with Gasteiger partial charge in [0, 0.05) is 18.3 Å². The summed E-state index contributed by atoms with van der Waals surface area (Å²) in [6.45, 7) is 0. The second kappa shape index (κ2) is 29.6. The van der Waals surface area contributed by atoms with Crippen LogP contribution in [0.4, 0.5) is 0 Å². The molecule has 0 aromatic carbocycles. The van der Waals surface area contributed by atoms with Crippen LogP contribution >= 0.6 is 0 Å². The largest absolute Gasteiger partial charge is 1.00 e. The summed E-state index contributed by atoms with van der Waals surface area (Å²) in [4.78, 5) is 34.1. The molecule has 0 fully saturated rings. The predicted octanol–water partition coefficient (Wildman–Crippen LogP) is -17.7. The summed E-state index contributed by atoms with van der Waals surface area (Å²) in [6.07, 6.45) is 0. The smallest absolute Gasteiger partial charge is 0.672 e. The number of hydrogen-bond acceptors (Lipinski definition) is 6. The van der Waals surface area contributed by atoms with E-state index in [0.29, 0.717) is 0 Å². The molecule has 0 aliphatic carbocycles. The van der Waals surface area contributed by atoms with Gasteiger partial charge in [0.2, 0.25) is 0 Å². The van der Waals surface area contributed by atoms with Crippen molar-refractivity contribution in [3.8, 4) is 0 Å². The van der Waals surface area contributed by atoms with Crippen LogP contribution in [0.3, 0.4) is 0 Å². The molecule has 0 saturated carbocycles. The minimum atomic E-state index is -3.63. The van der Waals surface area contributed by atoms with E-state index in [9.17, 15) is 0 Å². The number of rotatable bonds is 0. The normalized spacial score (nSPS) is 4.00. The van der Waals surface area contributed by atoms with E-state index in [2.05, 4.69) is 0 Å². The standard InChI is InChI=1S/2K.2Na.2O3Si/c;;;;2*1-4(2)3/q4*+1;2*-2. The van der Waals surface area contributed by atoms with E-state index < -0.39 is 18.3 Å². The zero-order valence-electron chi connectivity index (χ0n) is 7.45. The van der Waals surface area contributed by atoms with Crippen LogP contribution in [0.15, 0.2) is 0 Å². The van der Waals surface area contributed by atoms with Crippen molar-refractivity contribution in [3.63, 3.8) is 0 Å². The van der Waals surface area contributed by atoms with Crippen LogP contribution in [0.25, 0.3) is 0 Å². The van der Waals surface area contributed by atoms with Crippen LogP contribution in [-0.4, -0.2) is 18.3 Å². The Morgan fingerprint density at radius 3 is 0.667 bits per heavy atom. The van der Waals surface area contributed by atoms with Gasteiger partial charge in [-0.2, -0.15) is 0 Å². The van der Waals surface area contributed by atoms with Gasteiger partial charge in [-0.05, 0) is 0 Å². The van der Waals surface area contributed by atoms with E-state index in [4.69, 9.17) is 28.1 Å². The zero-order chi connectivity index (χ0) is 7.15. The Morgan fingerprint density at radius 2 is 0.667 bits per heavy atom. The van der Waals surface area contributed by atoms with Crippen molar-refractivity contribution in [2.75, 3.05) is 0 Å². The molecule has 0 spiro atoms. The summed E-state index contributed by atoms with van der Waals surface area (Å²) < 4.78 is 17.0. The summed E-state index contributed by atoms with van der Waals surface area (Å²) in [6, 6.07) is 0. The molecule has 6 nitrogen and oxygen atoms in total. The molecule has 0 atom stereocenters. The van der Waals surface area contributed by atoms with E-state index in [1.54, 1.807) is 0 Å². The molecule has 0 amide bonds. The van der Waals surface area contributed by atoms with Crippen molar-refractivity contribution in [1.82, 2.24) is 0 Å². The fraction of sp³-hybridized carbons (Fsp3) is 0. The summed E-state index contributed by atoms with van der Waals surface area (Å²) >= 11 is 0. The van der Waals surface area contributed by atoms with Gasteiger partial charge in [-0.15, -0.1) is 0 Å². The van der Waals surface area contributed by atoms with Crippen molar-refractivity contribution in [1.29, 1.82) is 0 Å². The van der Waals surface area contributed by atoms with E-state index >= 15 is 0 Å². The van der Waals surface area contributed by atoms with Crippen molar-refractivity contribution in [2.45, 2.75) is 0 Å². The van der Waals surface area contributed by atoms with Gasteiger partial charge >= 0.3 is 162 Å². The maximum atomic E-state index is 8.52. The summed E-state index contributed by atoms with van der Waals surface area (Å²) in [5.41, 5.74) is 0. The Balaban J connectivity index is -0.0000000112. The van der Waals surface area contributed by atoms with Crippen LogP contribution in [-0.2, 0) is 8.92 Å². The Kier molecular flexibility index (Phi) is 88.6. The first-order valence-corrected chi connectivity index (χ1v) is 3.67. The van der Waals surface area contributed by atoms with Gasteiger partial charge in [-0.25, -0.2) is 0 Å². The maximum absolute atomic E-state index is 8.52. The van der Waals surface area contributed by atoms with Gasteiger partial charge in [-0.1, -0.05) is 0 Å². The van der Waals surface area contributed by atoms with Gasteiger partial charge in [0.05, 0.1) is 0 Å². The minimum absolute atomic E-state index is 0. The second-order valence-corrected chi connectivity index (χ2v) is 1.50. The Bertz CT molecular complexity index is 79.5. The molecule has 12 heavy (non-hydrogen) atoms. The molecule has 0 saturated heterocycles. The first-order valence-electron chi connectivity index (χ1n) is 1.22. The molecule has 48 valence electrons. The third kappa shape index (κ3) is 130. The Labute approximate surface area is 202 Å². The minimum Gasteiger partial charge on any atom is -0.672 e. The molecule has 0 aliphatic heterocycles. The van der Waals surface area contributed by atoms with Crippen LogP contribution in [0.2, 0.25) is 0 Å². The average molecular weight is 276 g/mol. The monoisotopic (exact) mass is 276 g/mol. The first-order chi connectivity index (χ1) is 3.46. The molecule has 0 heterocycles. The maximum Gasteiger partial charge on any atom is 1.00 e. The molecule has 0 aromatic heterocycles. The van der Waals surface area contributed by atoms with E-state index in [0.717, 1.165) is 0 Å². The van der Waals surface area contributed by atoms with Crippen molar-refractivity contribution in [3.05, 3.63) is 0 Å². The predicted molar refractivity (Wildman–Crippen MR) is 12.9 cm³/mol. The van der Waals surface area contributed by atoms with E-state index in [1.807, 2.05) is 0 Å². The molecule has 0 bridgehead atoms. The van der Waals surface area contributed by atoms with E-state index in [1.165, 1.54) is 0 Å². The van der Waals surface area contributed by atoms with Crippen LogP contribution in [0.1, 0.15) is 0 Å². The van der Waals surface area contributed by atoms with Gasteiger partial charge in [0.15, 0.2) is 0 Å². The molecule has 12 heteroatoms. The van der Waals surface area contributed by atoms with Crippen molar-refractivity contribution < 1.29 is 190 Å². The summed E-state index contributed by atoms with van der Waals surface area (Å²) in [5.74, 6) is 0. The molecule has 0 unspecified atom stereocenters. The number of hydrogen-bond donors (Lipinski definition) is 0. The van der Waals surface area contributed by atoms with Gasteiger partial charge in [0.1, 0.15) is 0 Å². The van der Waals surface area contributed by atoms with Crippen LogP contribution < -0.4 is 181 Å². The Morgan fingerprint density at radius 1 is 0.667 bits per heavy atom. The fourth-order valence-electron chi connectivity index (χ4n) is 0. The second-order valence-electron chi connectivity index (χ2n) is 0.500. The molecule has 0 radical (unpaired) electrons. The quantitative estimate of drug-likeness (QED) is 0.404.